The van der Waals surface area contributed by atoms with Crippen LogP contribution in [0.4, 0.5) is 27.6 Å². The quantitative estimate of drug-likeness (QED) is 0.798. The van der Waals surface area contributed by atoms with E-state index in [0.29, 0.717) is 18.7 Å². The van der Waals surface area contributed by atoms with Gasteiger partial charge in [-0.05, 0) is 18.6 Å². The molecule has 21 heavy (non-hydrogen) atoms. The SMILES string of the molecule is COc1c(N2CCC(OCC(F)(F)F)C2)ccc(F)c1F. The van der Waals surface area contributed by atoms with Gasteiger partial charge in [-0.2, -0.15) is 17.6 Å². The van der Waals surface area contributed by atoms with Gasteiger partial charge in [0.25, 0.3) is 0 Å². The minimum absolute atomic E-state index is 0.164. The van der Waals surface area contributed by atoms with E-state index in [4.69, 9.17) is 9.47 Å². The Bertz CT molecular complexity index is 506. The van der Waals surface area contributed by atoms with Gasteiger partial charge < -0.3 is 14.4 Å². The van der Waals surface area contributed by atoms with Gasteiger partial charge in [0.05, 0.1) is 18.9 Å². The fourth-order valence-electron chi connectivity index (χ4n) is 2.26. The summed E-state index contributed by atoms with van der Waals surface area (Å²) in [5.74, 6) is -2.42. The van der Waals surface area contributed by atoms with E-state index >= 15 is 0 Å². The zero-order valence-corrected chi connectivity index (χ0v) is 11.2. The second-order valence-corrected chi connectivity index (χ2v) is 4.70. The van der Waals surface area contributed by atoms with Crippen LogP contribution in [-0.2, 0) is 4.74 Å². The summed E-state index contributed by atoms with van der Waals surface area (Å²) in [6.07, 6.45) is -4.62. The van der Waals surface area contributed by atoms with Crippen LogP contribution in [0.25, 0.3) is 0 Å². The molecular weight excluding hydrogens is 297 g/mol. The van der Waals surface area contributed by atoms with Crippen molar-refractivity contribution in [3.8, 4) is 5.75 Å². The van der Waals surface area contributed by atoms with Gasteiger partial charge in [0.1, 0.15) is 6.61 Å². The average Bonchev–Trinajstić information content (AvgIpc) is 2.87. The van der Waals surface area contributed by atoms with Crippen molar-refractivity contribution < 1.29 is 31.4 Å². The molecule has 0 amide bonds. The molecule has 0 saturated carbocycles. The van der Waals surface area contributed by atoms with Crippen molar-refractivity contribution in [1.29, 1.82) is 0 Å². The second-order valence-electron chi connectivity index (χ2n) is 4.70. The Labute approximate surface area is 118 Å². The first-order valence-corrected chi connectivity index (χ1v) is 6.27. The maximum absolute atomic E-state index is 13.6. The number of benzene rings is 1. The van der Waals surface area contributed by atoms with E-state index in [0.717, 1.165) is 6.07 Å². The van der Waals surface area contributed by atoms with Gasteiger partial charge in [0.15, 0.2) is 11.6 Å². The molecule has 0 aromatic heterocycles. The van der Waals surface area contributed by atoms with E-state index in [-0.39, 0.29) is 12.3 Å². The summed E-state index contributed by atoms with van der Waals surface area (Å²) in [4.78, 5) is 1.61. The highest BCUT2D eigenvalue weighted by atomic mass is 19.4. The van der Waals surface area contributed by atoms with Crippen LogP contribution in [0, 0.1) is 11.6 Å². The summed E-state index contributed by atoms with van der Waals surface area (Å²) in [7, 11) is 1.20. The molecular formula is C13H14F5NO2. The van der Waals surface area contributed by atoms with Crippen LogP contribution in [0.5, 0.6) is 5.75 Å². The number of nitrogens with zero attached hydrogens (tertiary/aromatic N) is 1. The van der Waals surface area contributed by atoms with E-state index in [1.807, 2.05) is 0 Å². The molecule has 118 valence electrons. The molecule has 1 aliphatic heterocycles. The molecule has 0 aliphatic carbocycles. The fourth-order valence-corrected chi connectivity index (χ4v) is 2.26. The average molecular weight is 311 g/mol. The van der Waals surface area contributed by atoms with Crippen molar-refractivity contribution in [2.75, 3.05) is 31.7 Å². The lowest BCUT2D eigenvalue weighted by molar-refractivity contribution is -0.183. The van der Waals surface area contributed by atoms with E-state index in [9.17, 15) is 22.0 Å². The van der Waals surface area contributed by atoms with Crippen molar-refractivity contribution in [2.45, 2.75) is 18.7 Å². The van der Waals surface area contributed by atoms with Crippen LogP contribution in [0.15, 0.2) is 12.1 Å². The van der Waals surface area contributed by atoms with Gasteiger partial charge in [-0.1, -0.05) is 0 Å². The summed E-state index contributed by atoms with van der Waals surface area (Å²) < 4.78 is 72.6. The van der Waals surface area contributed by atoms with Crippen LogP contribution < -0.4 is 9.64 Å². The number of methoxy groups -OCH3 is 1. The Morgan fingerprint density at radius 1 is 1.29 bits per heavy atom. The smallest absolute Gasteiger partial charge is 0.411 e. The zero-order chi connectivity index (χ0) is 15.6. The maximum Gasteiger partial charge on any atom is 0.411 e. The molecule has 1 atom stereocenters. The molecule has 1 saturated heterocycles. The third kappa shape index (κ3) is 3.75. The molecule has 1 heterocycles. The topological polar surface area (TPSA) is 21.7 Å². The van der Waals surface area contributed by atoms with E-state index < -0.39 is 30.5 Å². The Morgan fingerprint density at radius 3 is 2.62 bits per heavy atom. The summed E-state index contributed by atoms with van der Waals surface area (Å²) in [6, 6.07) is 2.29. The normalized spacial score (nSPS) is 19.1. The minimum Gasteiger partial charge on any atom is -0.491 e. The largest absolute Gasteiger partial charge is 0.491 e. The second kappa shape index (κ2) is 6.05. The first-order chi connectivity index (χ1) is 9.81. The van der Waals surface area contributed by atoms with Gasteiger partial charge in [-0.25, -0.2) is 4.39 Å². The van der Waals surface area contributed by atoms with Gasteiger partial charge in [-0.3, -0.25) is 0 Å². The molecule has 8 heteroatoms. The third-order valence-corrected chi connectivity index (χ3v) is 3.20. The number of halogens is 5. The lowest BCUT2D eigenvalue weighted by Gasteiger charge is -2.21. The highest BCUT2D eigenvalue weighted by molar-refractivity contribution is 5.60. The highest BCUT2D eigenvalue weighted by Gasteiger charge is 2.32. The molecule has 0 bridgehead atoms. The minimum atomic E-state index is -4.38. The lowest BCUT2D eigenvalue weighted by Crippen LogP contribution is -2.27. The summed E-state index contributed by atoms with van der Waals surface area (Å²) in [5, 5.41) is 0. The highest BCUT2D eigenvalue weighted by Crippen LogP contribution is 2.35. The molecule has 1 aromatic rings. The van der Waals surface area contributed by atoms with Gasteiger partial charge in [0, 0.05) is 13.1 Å². The third-order valence-electron chi connectivity index (χ3n) is 3.20. The Balaban J connectivity index is 2.06. The number of rotatable bonds is 4. The van der Waals surface area contributed by atoms with Crippen LogP contribution in [0.1, 0.15) is 6.42 Å². The van der Waals surface area contributed by atoms with Gasteiger partial charge in [0.2, 0.25) is 5.82 Å². The number of alkyl halides is 3. The number of ether oxygens (including phenoxy) is 2. The maximum atomic E-state index is 13.6. The number of hydrogen-bond acceptors (Lipinski definition) is 3. The molecule has 0 N–H and O–H groups in total. The Hall–Kier alpha value is -1.57. The molecule has 2 rings (SSSR count). The predicted octanol–water partition coefficient (Wildman–Crippen LogP) is 3.13. The van der Waals surface area contributed by atoms with Crippen molar-refractivity contribution in [1.82, 2.24) is 0 Å². The summed E-state index contributed by atoms with van der Waals surface area (Å²) >= 11 is 0. The standard InChI is InChI=1S/C13H14F5NO2/c1-20-12-10(3-2-9(14)11(12)15)19-5-4-8(6-19)21-7-13(16,17)18/h2-3,8H,4-7H2,1H3. The van der Waals surface area contributed by atoms with Crippen LogP contribution >= 0.6 is 0 Å². The number of anilines is 1. The van der Waals surface area contributed by atoms with E-state index in [1.54, 1.807) is 4.90 Å². The fraction of sp³-hybridized carbons (Fsp3) is 0.538. The molecule has 0 spiro atoms. The Kier molecular flexibility index (Phi) is 4.55. The van der Waals surface area contributed by atoms with Crippen LogP contribution in [-0.4, -0.2) is 39.1 Å². The number of hydrogen-bond donors (Lipinski definition) is 0. The first kappa shape index (κ1) is 15.8. The van der Waals surface area contributed by atoms with Gasteiger partial charge >= 0.3 is 6.18 Å². The molecule has 3 nitrogen and oxygen atoms in total. The lowest BCUT2D eigenvalue weighted by atomic mass is 10.2. The predicted molar refractivity (Wildman–Crippen MR) is 65.5 cm³/mol. The summed E-state index contributed by atoms with van der Waals surface area (Å²) in [6.45, 7) is -0.776. The summed E-state index contributed by atoms with van der Waals surface area (Å²) in [5.41, 5.74) is 0.300. The van der Waals surface area contributed by atoms with Gasteiger partial charge in [-0.15, -0.1) is 0 Å². The molecule has 1 aliphatic rings. The molecule has 0 radical (unpaired) electrons. The first-order valence-electron chi connectivity index (χ1n) is 6.27. The van der Waals surface area contributed by atoms with E-state index in [1.165, 1.54) is 13.2 Å². The molecule has 1 fully saturated rings. The van der Waals surface area contributed by atoms with Crippen molar-refractivity contribution >= 4 is 5.69 Å². The Morgan fingerprint density at radius 2 is 2.00 bits per heavy atom. The van der Waals surface area contributed by atoms with Crippen molar-refractivity contribution in [2.24, 2.45) is 0 Å². The molecule has 1 unspecified atom stereocenters. The van der Waals surface area contributed by atoms with Crippen molar-refractivity contribution in [3.63, 3.8) is 0 Å². The van der Waals surface area contributed by atoms with Crippen LogP contribution in [0.2, 0.25) is 0 Å². The zero-order valence-electron chi connectivity index (χ0n) is 11.2. The monoisotopic (exact) mass is 311 g/mol. The van der Waals surface area contributed by atoms with Crippen LogP contribution in [0.3, 0.4) is 0 Å². The van der Waals surface area contributed by atoms with Crippen molar-refractivity contribution in [3.05, 3.63) is 23.8 Å². The van der Waals surface area contributed by atoms with E-state index in [2.05, 4.69) is 0 Å². The molecule has 1 aromatic carbocycles.